The van der Waals surface area contributed by atoms with E-state index < -0.39 is 0 Å². The Bertz CT molecular complexity index is 424. The van der Waals surface area contributed by atoms with E-state index in [-0.39, 0.29) is 0 Å². The Hall–Kier alpha value is -0.860. The van der Waals surface area contributed by atoms with E-state index in [1.807, 2.05) is 0 Å². The molecule has 2 aliphatic heterocycles. The molecule has 116 valence electrons. The van der Waals surface area contributed by atoms with E-state index in [2.05, 4.69) is 47.5 Å². The van der Waals surface area contributed by atoms with Gasteiger partial charge in [0.15, 0.2) is 0 Å². The number of rotatable bonds is 5. The second kappa shape index (κ2) is 6.93. The Morgan fingerprint density at radius 2 is 2.14 bits per heavy atom. The summed E-state index contributed by atoms with van der Waals surface area (Å²) < 4.78 is 0. The first-order chi connectivity index (χ1) is 10.2. The second-order valence-corrected chi connectivity index (χ2v) is 7.49. The quantitative estimate of drug-likeness (QED) is 0.893. The fourth-order valence-electron chi connectivity index (χ4n) is 4.02. The van der Waals surface area contributed by atoms with E-state index >= 15 is 0 Å². The van der Waals surface area contributed by atoms with Crippen molar-refractivity contribution in [2.24, 2.45) is 11.3 Å². The molecule has 0 spiro atoms. The van der Waals surface area contributed by atoms with Gasteiger partial charge in [0.05, 0.1) is 0 Å². The SMILES string of the molecule is CC1(CCc2ccccc2)CCN(CC2CCCNC2)C1. The molecule has 1 aromatic carbocycles. The van der Waals surface area contributed by atoms with Gasteiger partial charge in [-0.25, -0.2) is 0 Å². The zero-order chi connectivity index (χ0) is 14.5. The first-order valence-electron chi connectivity index (χ1n) is 8.71. The van der Waals surface area contributed by atoms with Crippen molar-refractivity contribution < 1.29 is 0 Å². The molecule has 0 bridgehead atoms. The molecule has 2 fully saturated rings. The summed E-state index contributed by atoms with van der Waals surface area (Å²) in [6.45, 7) is 8.88. The van der Waals surface area contributed by atoms with E-state index in [9.17, 15) is 0 Å². The van der Waals surface area contributed by atoms with Gasteiger partial charge in [0.2, 0.25) is 0 Å². The summed E-state index contributed by atoms with van der Waals surface area (Å²) in [6.07, 6.45) is 6.72. The number of likely N-dealkylation sites (tertiary alicyclic amines) is 1. The van der Waals surface area contributed by atoms with Gasteiger partial charge >= 0.3 is 0 Å². The van der Waals surface area contributed by atoms with E-state index in [4.69, 9.17) is 0 Å². The Kier molecular flexibility index (Phi) is 4.97. The maximum Gasteiger partial charge on any atom is 0.00360 e. The lowest BCUT2D eigenvalue weighted by molar-refractivity contribution is 0.213. The van der Waals surface area contributed by atoms with Gasteiger partial charge in [-0.15, -0.1) is 0 Å². The molecule has 0 radical (unpaired) electrons. The Labute approximate surface area is 129 Å². The zero-order valence-corrected chi connectivity index (χ0v) is 13.5. The molecule has 2 aliphatic rings. The van der Waals surface area contributed by atoms with Crippen molar-refractivity contribution in [2.75, 3.05) is 32.7 Å². The monoisotopic (exact) mass is 286 g/mol. The van der Waals surface area contributed by atoms with Crippen molar-refractivity contribution in [1.82, 2.24) is 10.2 Å². The van der Waals surface area contributed by atoms with Gasteiger partial charge in [-0.3, -0.25) is 0 Å². The maximum absolute atomic E-state index is 3.55. The van der Waals surface area contributed by atoms with E-state index in [1.54, 1.807) is 0 Å². The molecule has 21 heavy (non-hydrogen) atoms. The van der Waals surface area contributed by atoms with E-state index in [1.165, 1.54) is 70.4 Å². The number of nitrogens with one attached hydrogen (secondary N) is 1. The molecule has 2 nitrogen and oxygen atoms in total. The molecule has 1 aromatic rings. The van der Waals surface area contributed by atoms with Crippen LogP contribution in [0.1, 0.15) is 38.2 Å². The molecule has 2 heteroatoms. The molecular formula is C19H30N2. The lowest BCUT2D eigenvalue weighted by Crippen LogP contribution is -2.38. The standard InChI is InChI=1S/C19H30N2/c1-19(10-9-17-6-3-2-4-7-17)11-13-21(16-19)15-18-8-5-12-20-14-18/h2-4,6-7,18,20H,5,8-16H2,1H3. The average molecular weight is 286 g/mol. The lowest BCUT2D eigenvalue weighted by atomic mass is 9.83. The molecular weight excluding hydrogens is 256 g/mol. The van der Waals surface area contributed by atoms with E-state index in [0.717, 1.165) is 5.92 Å². The number of benzene rings is 1. The first kappa shape index (κ1) is 15.1. The van der Waals surface area contributed by atoms with Crippen LogP contribution < -0.4 is 5.32 Å². The third kappa shape index (κ3) is 4.31. The van der Waals surface area contributed by atoms with Gasteiger partial charge < -0.3 is 10.2 Å². The van der Waals surface area contributed by atoms with Crippen LogP contribution in [0.4, 0.5) is 0 Å². The summed E-state index contributed by atoms with van der Waals surface area (Å²) >= 11 is 0. The minimum Gasteiger partial charge on any atom is -0.316 e. The van der Waals surface area contributed by atoms with Crippen molar-refractivity contribution >= 4 is 0 Å². The fraction of sp³-hybridized carbons (Fsp3) is 0.684. The van der Waals surface area contributed by atoms with Gasteiger partial charge in [-0.1, -0.05) is 37.3 Å². The highest BCUT2D eigenvalue weighted by Gasteiger charge is 2.34. The van der Waals surface area contributed by atoms with Crippen LogP contribution in [0, 0.1) is 11.3 Å². The number of hydrogen-bond acceptors (Lipinski definition) is 2. The third-order valence-corrected chi connectivity index (χ3v) is 5.41. The van der Waals surface area contributed by atoms with Crippen LogP contribution >= 0.6 is 0 Å². The highest BCUT2D eigenvalue weighted by Crippen LogP contribution is 2.35. The second-order valence-electron chi connectivity index (χ2n) is 7.49. The minimum absolute atomic E-state index is 0.526. The molecule has 2 saturated heterocycles. The molecule has 0 amide bonds. The number of piperidine rings is 1. The van der Waals surface area contributed by atoms with Crippen LogP contribution in [0.15, 0.2) is 30.3 Å². The van der Waals surface area contributed by atoms with Gasteiger partial charge in [-0.05, 0) is 68.6 Å². The molecule has 0 saturated carbocycles. The maximum atomic E-state index is 3.55. The highest BCUT2D eigenvalue weighted by molar-refractivity contribution is 5.15. The van der Waals surface area contributed by atoms with Crippen LogP contribution in [0.3, 0.4) is 0 Å². The van der Waals surface area contributed by atoms with Crippen molar-refractivity contribution in [3.8, 4) is 0 Å². The van der Waals surface area contributed by atoms with Crippen LogP contribution in [0.5, 0.6) is 0 Å². The van der Waals surface area contributed by atoms with Gasteiger partial charge in [-0.2, -0.15) is 0 Å². The van der Waals surface area contributed by atoms with Crippen LogP contribution in [0.2, 0.25) is 0 Å². The Morgan fingerprint density at radius 3 is 2.90 bits per heavy atom. The Morgan fingerprint density at radius 1 is 1.29 bits per heavy atom. The fourth-order valence-corrected chi connectivity index (χ4v) is 4.02. The molecule has 2 heterocycles. The molecule has 0 aliphatic carbocycles. The smallest absolute Gasteiger partial charge is 0.00360 e. The van der Waals surface area contributed by atoms with Crippen LogP contribution in [-0.4, -0.2) is 37.6 Å². The molecule has 3 rings (SSSR count). The Balaban J connectivity index is 1.46. The number of nitrogens with zero attached hydrogens (tertiary/aromatic N) is 1. The van der Waals surface area contributed by atoms with Crippen molar-refractivity contribution in [3.63, 3.8) is 0 Å². The van der Waals surface area contributed by atoms with Gasteiger partial charge in [0, 0.05) is 13.1 Å². The number of aryl methyl sites for hydroxylation is 1. The highest BCUT2D eigenvalue weighted by atomic mass is 15.2. The summed E-state index contributed by atoms with van der Waals surface area (Å²) in [7, 11) is 0. The van der Waals surface area contributed by atoms with Crippen LogP contribution in [-0.2, 0) is 6.42 Å². The first-order valence-corrected chi connectivity index (χ1v) is 8.71. The minimum atomic E-state index is 0.526. The largest absolute Gasteiger partial charge is 0.316 e. The molecule has 0 aromatic heterocycles. The zero-order valence-electron chi connectivity index (χ0n) is 13.5. The predicted octanol–water partition coefficient (Wildman–Crippen LogP) is 3.33. The third-order valence-electron chi connectivity index (χ3n) is 5.41. The lowest BCUT2D eigenvalue weighted by Gasteiger charge is -2.29. The summed E-state index contributed by atoms with van der Waals surface area (Å²) in [6, 6.07) is 11.0. The molecule has 2 atom stereocenters. The molecule has 2 unspecified atom stereocenters. The van der Waals surface area contributed by atoms with Crippen molar-refractivity contribution in [1.29, 1.82) is 0 Å². The summed E-state index contributed by atoms with van der Waals surface area (Å²) in [5.41, 5.74) is 2.02. The summed E-state index contributed by atoms with van der Waals surface area (Å²) in [5, 5.41) is 3.55. The van der Waals surface area contributed by atoms with Crippen molar-refractivity contribution in [3.05, 3.63) is 35.9 Å². The summed E-state index contributed by atoms with van der Waals surface area (Å²) in [4.78, 5) is 2.72. The van der Waals surface area contributed by atoms with Crippen LogP contribution in [0.25, 0.3) is 0 Å². The van der Waals surface area contributed by atoms with Gasteiger partial charge in [0.25, 0.3) is 0 Å². The normalized spacial score (nSPS) is 30.6. The molecule has 1 N–H and O–H groups in total. The van der Waals surface area contributed by atoms with Crippen molar-refractivity contribution in [2.45, 2.75) is 39.0 Å². The topological polar surface area (TPSA) is 15.3 Å². The van der Waals surface area contributed by atoms with Gasteiger partial charge in [0.1, 0.15) is 0 Å². The average Bonchev–Trinajstić information content (AvgIpc) is 2.89. The van der Waals surface area contributed by atoms with E-state index in [0.29, 0.717) is 5.41 Å². The summed E-state index contributed by atoms with van der Waals surface area (Å²) in [5.74, 6) is 0.884. The predicted molar refractivity (Wildman–Crippen MR) is 89.5 cm³/mol. The number of hydrogen-bond donors (Lipinski definition) is 1.